The molecule has 0 amide bonds. The van der Waals surface area contributed by atoms with Crippen molar-refractivity contribution in [2.75, 3.05) is 0 Å². The van der Waals surface area contributed by atoms with Crippen molar-refractivity contribution in [3.05, 3.63) is 132 Å². The van der Waals surface area contributed by atoms with Gasteiger partial charge in [-0.3, -0.25) is 4.68 Å². The van der Waals surface area contributed by atoms with Crippen LogP contribution in [0.3, 0.4) is 0 Å². The Labute approximate surface area is 297 Å². The summed E-state index contributed by atoms with van der Waals surface area (Å²) in [5, 5.41) is 7.42. The molecule has 0 saturated heterocycles. The molecule has 5 nitrogen and oxygen atoms in total. The van der Waals surface area contributed by atoms with E-state index in [4.69, 9.17) is 14.8 Å². The summed E-state index contributed by atoms with van der Waals surface area (Å²) in [5.74, 6) is 2.13. The predicted molar refractivity (Wildman–Crippen MR) is 192 cm³/mol. The third-order valence-corrected chi connectivity index (χ3v) is 8.93. The van der Waals surface area contributed by atoms with Crippen molar-refractivity contribution in [1.82, 2.24) is 19.3 Å². The van der Waals surface area contributed by atoms with Crippen molar-refractivity contribution in [2.24, 2.45) is 0 Å². The fourth-order valence-electron chi connectivity index (χ4n) is 6.44. The van der Waals surface area contributed by atoms with Crippen molar-refractivity contribution < 1.29 is 25.2 Å². The van der Waals surface area contributed by atoms with E-state index in [0.717, 1.165) is 63.8 Å². The van der Waals surface area contributed by atoms with Gasteiger partial charge in [-0.15, -0.1) is 41.3 Å². The smallest absolute Gasteiger partial charge is 0.509 e. The summed E-state index contributed by atoms with van der Waals surface area (Å²) in [6, 6.07) is 38.9. The normalized spacial score (nSPS) is 11.6. The summed E-state index contributed by atoms with van der Waals surface area (Å²) in [6.45, 7) is 13.2. The van der Waals surface area contributed by atoms with E-state index >= 15 is 0 Å². The quantitative estimate of drug-likeness (QED) is 0.116. The number of hydrogen-bond acceptors (Lipinski definition) is 3. The van der Waals surface area contributed by atoms with Crippen molar-refractivity contribution in [2.45, 2.75) is 66.2 Å². The predicted octanol–water partition coefficient (Wildman–Crippen LogP) is 10.4. The molecule has 0 aliphatic rings. The third-order valence-electron chi connectivity index (χ3n) is 8.93. The molecule has 0 radical (unpaired) electrons. The summed E-state index contributed by atoms with van der Waals surface area (Å²) in [5.41, 5.74) is 9.80. The van der Waals surface area contributed by atoms with Gasteiger partial charge in [0.25, 0.3) is 0 Å². The number of hydrogen-bond donors (Lipinski definition) is 0. The largest absolute Gasteiger partial charge is 2.00 e. The Morgan fingerprint density at radius 1 is 0.750 bits per heavy atom. The molecule has 0 saturated carbocycles. The SMILES string of the molecule is CCc1ccnc(-n2c3[c-]c(Oc4[c-]c(-n5nc(CC)c(-c6ccccc6)c5CC)cc(C(C)(C)C)c4)ccc3c3ccccc32)c1.[Pd+2]. The number of aromatic nitrogens is 4. The molecule has 0 aliphatic heterocycles. The maximum absolute atomic E-state index is 6.65. The maximum atomic E-state index is 6.65. The average Bonchev–Trinajstić information content (AvgIpc) is 3.63. The standard InChI is InChI=1S/C42H40N4O.Pd/c1-7-28-21-22-43-40(23-28)45-38-18-14-13-17-34(38)35-20-19-32(27-39(35)45)47-33-25-30(42(4,5)6)24-31(26-33)46-37(9-3)41(36(8-2)44-46)29-15-11-10-12-16-29;/h10-25H,7-9H2,1-6H3;/q-2;+2. The molecule has 3 aromatic heterocycles. The van der Waals surface area contributed by atoms with Gasteiger partial charge in [0, 0.05) is 34.5 Å². The number of benzene rings is 4. The van der Waals surface area contributed by atoms with Crippen LogP contribution in [0.5, 0.6) is 11.5 Å². The first-order valence-corrected chi connectivity index (χ1v) is 16.6. The van der Waals surface area contributed by atoms with Crippen LogP contribution in [0.15, 0.2) is 97.2 Å². The number of ether oxygens (including phenoxy) is 1. The number of fused-ring (bicyclic) bond motifs is 3. The van der Waals surface area contributed by atoms with E-state index in [2.05, 4.69) is 148 Å². The zero-order valence-corrected chi connectivity index (χ0v) is 29.9. The molecule has 0 fully saturated rings. The zero-order chi connectivity index (χ0) is 32.7. The van der Waals surface area contributed by atoms with Crippen LogP contribution < -0.4 is 4.74 Å². The van der Waals surface area contributed by atoms with E-state index in [0.29, 0.717) is 11.5 Å². The number of nitrogens with zero attached hydrogens (tertiary/aromatic N) is 4. The monoisotopic (exact) mass is 722 g/mol. The number of para-hydroxylation sites is 1. The van der Waals surface area contributed by atoms with E-state index in [1.54, 1.807) is 0 Å². The minimum absolute atomic E-state index is 0. The van der Waals surface area contributed by atoms with Crippen LogP contribution in [-0.2, 0) is 45.1 Å². The van der Waals surface area contributed by atoms with Crippen molar-refractivity contribution in [3.8, 4) is 34.1 Å². The van der Waals surface area contributed by atoms with Gasteiger partial charge in [0.15, 0.2) is 0 Å². The van der Waals surface area contributed by atoms with E-state index in [1.165, 1.54) is 22.4 Å². The molecule has 0 unspecified atom stereocenters. The van der Waals surface area contributed by atoms with Crippen LogP contribution in [0.4, 0.5) is 0 Å². The molecule has 4 aromatic carbocycles. The van der Waals surface area contributed by atoms with Gasteiger partial charge in [-0.2, -0.15) is 11.2 Å². The summed E-state index contributed by atoms with van der Waals surface area (Å²) in [7, 11) is 0. The average molecular weight is 723 g/mol. The molecule has 7 aromatic rings. The molecule has 3 heterocycles. The first kappa shape index (κ1) is 33.4. The number of aryl methyl sites for hydroxylation is 2. The molecular weight excluding hydrogens is 683 g/mol. The van der Waals surface area contributed by atoms with Gasteiger partial charge in [0.05, 0.1) is 5.69 Å². The van der Waals surface area contributed by atoms with Gasteiger partial charge in [0.2, 0.25) is 0 Å². The van der Waals surface area contributed by atoms with Crippen LogP contribution in [0.2, 0.25) is 0 Å². The number of rotatable bonds is 8. The first-order chi connectivity index (χ1) is 22.8. The van der Waals surface area contributed by atoms with Gasteiger partial charge in [0.1, 0.15) is 5.82 Å². The number of pyridine rings is 1. The molecule has 0 spiro atoms. The summed E-state index contributed by atoms with van der Waals surface area (Å²) in [6.07, 6.45) is 4.50. The minimum atomic E-state index is -0.118. The third kappa shape index (κ3) is 6.12. The summed E-state index contributed by atoms with van der Waals surface area (Å²) >= 11 is 0. The second-order valence-electron chi connectivity index (χ2n) is 13.0. The first-order valence-electron chi connectivity index (χ1n) is 16.6. The molecule has 0 N–H and O–H groups in total. The molecule has 0 bridgehead atoms. The summed E-state index contributed by atoms with van der Waals surface area (Å²) in [4.78, 5) is 4.77. The van der Waals surface area contributed by atoms with Crippen LogP contribution in [0, 0.1) is 12.1 Å². The van der Waals surface area contributed by atoms with Crippen LogP contribution in [0.25, 0.3) is 44.4 Å². The van der Waals surface area contributed by atoms with Crippen molar-refractivity contribution in [3.63, 3.8) is 0 Å². The maximum Gasteiger partial charge on any atom is 2.00 e. The second-order valence-corrected chi connectivity index (χ2v) is 13.0. The Kier molecular flexibility index (Phi) is 9.43. The molecule has 0 atom stereocenters. The van der Waals surface area contributed by atoms with Crippen LogP contribution >= 0.6 is 0 Å². The Morgan fingerprint density at radius 2 is 1.52 bits per heavy atom. The Balaban J connectivity index is 0.00000401. The van der Waals surface area contributed by atoms with E-state index < -0.39 is 0 Å². The molecule has 7 rings (SSSR count). The minimum Gasteiger partial charge on any atom is -0.509 e. The molecule has 0 aliphatic carbocycles. The topological polar surface area (TPSA) is 44.9 Å². The summed E-state index contributed by atoms with van der Waals surface area (Å²) < 4.78 is 10.9. The Bertz CT molecular complexity index is 2220. The van der Waals surface area contributed by atoms with E-state index in [-0.39, 0.29) is 25.8 Å². The van der Waals surface area contributed by atoms with Gasteiger partial charge >= 0.3 is 20.4 Å². The van der Waals surface area contributed by atoms with Crippen molar-refractivity contribution in [1.29, 1.82) is 0 Å². The fraction of sp³-hybridized carbons (Fsp3) is 0.238. The second kappa shape index (κ2) is 13.6. The van der Waals surface area contributed by atoms with E-state index in [9.17, 15) is 0 Å². The fourth-order valence-corrected chi connectivity index (χ4v) is 6.44. The zero-order valence-electron chi connectivity index (χ0n) is 28.4. The molecule has 48 heavy (non-hydrogen) atoms. The van der Waals surface area contributed by atoms with Gasteiger partial charge in [-0.1, -0.05) is 95.6 Å². The molecule has 6 heteroatoms. The van der Waals surface area contributed by atoms with Gasteiger partial charge in [-0.05, 0) is 65.1 Å². The molecule has 244 valence electrons. The molecular formula is C42H40N4OPd. The van der Waals surface area contributed by atoms with Gasteiger partial charge < -0.3 is 9.30 Å². The van der Waals surface area contributed by atoms with Crippen molar-refractivity contribution >= 4 is 21.8 Å². The Hall–Kier alpha value is -4.50. The van der Waals surface area contributed by atoms with Crippen LogP contribution in [-0.4, -0.2) is 19.3 Å². The van der Waals surface area contributed by atoms with Gasteiger partial charge in [-0.25, -0.2) is 4.98 Å². The Morgan fingerprint density at radius 3 is 2.25 bits per heavy atom. The van der Waals surface area contributed by atoms with E-state index in [1.807, 2.05) is 12.3 Å². The van der Waals surface area contributed by atoms with Crippen LogP contribution in [0.1, 0.15) is 64.1 Å².